The third-order valence-electron chi connectivity index (χ3n) is 3.94. The lowest BCUT2D eigenvalue weighted by Gasteiger charge is -2.14. The minimum Gasteiger partial charge on any atom is -0.491 e. The van der Waals surface area contributed by atoms with Crippen LogP contribution in [0.15, 0.2) is 48.5 Å². The van der Waals surface area contributed by atoms with Gasteiger partial charge in [-0.3, -0.25) is 9.59 Å². The summed E-state index contributed by atoms with van der Waals surface area (Å²) in [4.78, 5) is 24.1. The predicted molar refractivity (Wildman–Crippen MR) is 118 cm³/mol. The SMILES string of the molecule is CC(C)COc1ccccc1NCC(=O)Nc1ccc(NC(=O)CC(C)C)cc1. The van der Waals surface area contributed by atoms with Crippen LogP contribution in [0.25, 0.3) is 0 Å². The Bertz CT molecular complexity index is 801. The van der Waals surface area contributed by atoms with Gasteiger partial charge in [-0.25, -0.2) is 0 Å². The lowest BCUT2D eigenvalue weighted by atomic mass is 10.1. The van der Waals surface area contributed by atoms with Gasteiger partial charge in [-0.15, -0.1) is 0 Å². The zero-order valence-electron chi connectivity index (χ0n) is 17.6. The number of hydrogen-bond acceptors (Lipinski definition) is 4. The van der Waals surface area contributed by atoms with Crippen LogP contribution in [0.4, 0.5) is 17.1 Å². The number of amides is 2. The Balaban J connectivity index is 1.85. The number of carbonyl (C=O) groups is 2. The average Bonchev–Trinajstić information content (AvgIpc) is 2.66. The molecule has 0 aliphatic heterocycles. The van der Waals surface area contributed by atoms with E-state index in [1.807, 2.05) is 38.1 Å². The first-order valence-corrected chi connectivity index (χ1v) is 9.99. The monoisotopic (exact) mass is 397 g/mol. The minimum absolute atomic E-state index is 0.0145. The number of benzene rings is 2. The van der Waals surface area contributed by atoms with E-state index in [2.05, 4.69) is 29.8 Å². The topological polar surface area (TPSA) is 79.5 Å². The molecule has 2 aromatic carbocycles. The summed E-state index contributed by atoms with van der Waals surface area (Å²) >= 11 is 0. The van der Waals surface area contributed by atoms with Gasteiger partial charge in [0.1, 0.15) is 5.75 Å². The first-order chi connectivity index (χ1) is 13.8. The summed E-state index contributed by atoms with van der Waals surface area (Å²) < 4.78 is 5.79. The van der Waals surface area contributed by atoms with E-state index in [1.165, 1.54) is 0 Å². The summed E-state index contributed by atoms with van der Waals surface area (Å²) in [7, 11) is 0. The number of ether oxygens (including phenoxy) is 1. The molecule has 0 spiro atoms. The number of anilines is 3. The number of para-hydroxylation sites is 2. The van der Waals surface area contributed by atoms with Crippen molar-refractivity contribution in [1.82, 2.24) is 0 Å². The van der Waals surface area contributed by atoms with Gasteiger partial charge in [-0.1, -0.05) is 39.8 Å². The highest BCUT2D eigenvalue weighted by Crippen LogP contribution is 2.24. The molecule has 6 nitrogen and oxygen atoms in total. The molecule has 2 aromatic rings. The van der Waals surface area contributed by atoms with Crippen molar-refractivity contribution in [3.63, 3.8) is 0 Å². The molecule has 0 atom stereocenters. The van der Waals surface area contributed by atoms with E-state index in [4.69, 9.17) is 4.74 Å². The third-order valence-corrected chi connectivity index (χ3v) is 3.94. The van der Waals surface area contributed by atoms with Gasteiger partial charge in [0.2, 0.25) is 11.8 Å². The molecule has 0 aliphatic rings. The van der Waals surface area contributed by atoms with Crippen molar-refractivity contribution in [3.8, 4) is 5.75 Å². The largest absolute Gasteiger partial charge is 0.491 e. The van der Waals surface area contributed by atoms with Gasteiger partial charge in [-0.05, 0) is 48.2 Å². The normalized spacial score (nSPS) is 10.7. The minimum atomic E-state index is -0.166. The summed E-state index contributed by atoms with van der Waals surface area (Å²) in [5.74, 6) is 1.28. The van der Waals surface area contributed by atoms with E-state index >= 15 is 0 Å². The summed E-state index contributed by atoms with van der Waals surface area (Å²) in [6, 6.07) is 14.7. The number of carbonyl (C=O) groups excluding carboxylic acids is 2. The van der Waals surface area contributed by atoms with E-state index < -0.39 is 0 Å². The van der Waals surface area contributed by atoms with Crippen LogP contribution in [0.5, 0.6) is 5.75 Å². The first-order valence-electron chi connectivity index (χ1n) is 9.99. The molecule has 2 amide bonds. The van der Waals surface area contributed by atoms with Gasteiger partial charge >= 0.3 is 0 Å². The van der Waals surface area contributed by atoms with E-state index in [1.54, 1.807) is 24.3 Å². The second kappa shape index (κ2) is 11.1. The highest BCUT2D eigenvalue weighted by molar-refractivity contribution is 5.95. The maximum atomic E-state index is 12.3. The second-order valence-electron chi connectivity index (χ2n) is 7.83. The van der Waals surface area contributed by atoms with Crippen molar-refractivity contribution in [2.75, 3.05) is 29.1 Å². The third kappa shape index (κ3) is 8.25. The maximum Gasteiger partial charge on any atom is 0.243 e. The van der Waals surface area contributed by atoms with Crippen molar-refractivity contribution >= 4 is 28.9 Å². The fourth-order valence-corrected chi connectivity index (χ4v) is 2.60. The van der Waals surface area contributed by atoms with Crippen molar-refractivity contribution in [2.24, 2.45) is 11.8 Å². The van der Waals surface area contributed by atoms with Gasteiger partial charge in [0.05, 0.1) is 18.8 Å². The molecule has 0 heterocycles. The van der Waals surface area contributed by atoms with Gasteiger partial charge in [0, 0.05) is 17.8 Å². The lowest BCUT2D eigenvalue weighted by molar-refractivity contribution is -0.117. The molecule has 0 radical (unpaired) electrons. The first kappa shape index (κ1) is 22.3. The highest BCUT2D eigenvalue weighted by Gasteiger charge is 2.08. The van der Waals surface area contributed by atoms with Crippen LogP contribution in [0.2, 0.25) is 0 Å². The van der Waals surface area contributed by atoms with E-state index in [0.29, 0.717) is 36.2 Å². The van der Waals surface area contributed by atoms with E-state index in [9.17, 15) is 9.59 Å². The predicted octanol–water partition coefficient (Wildman–Crippen LogP) is 4.76. The van der Waals surface area contributed by atoms with Gasteiger partial charge in [0.15, 0.2) is 0 Å². The molecule has 29 heavy (non-hydrogen) atoms. The zero-order valence-corrected chi connectivity index (χ0v) is 17.6. The zero-order chi connectivity index (χ0) is 21.2. The molecule has 2 rings (SSSR count). The van der Waals surface area contributed by atoms with Crippen LogP contribution in [-0.2, 0) is 9.59 Å². The standard InChI is InChI=1S/C23H31N3O3/c1-16(2)13-22(27)25-18-9-11-19(12-10-18)26-23(28)14-24-20-7-5-6-8-21(20)29-15-17(3)4/h5-12,16-17,24H,13-15H2,1-4H3,(H,25,27)(H,26,28). The second-order valence-corrected chi connectivity index (χ2v) is 7.83. The molecule has 0 unspecified atom stereocenters. The smallest absolute Gasteiger partial charge is 0.243 e. The Hall–Kier alpha value is -3.02. The number of nitrogens with one attached hydrogen (secondary N) is 3. The summed E-state index contributed by atoms with van der Waals surface area (Å²) in [6.45, 7) is 8.91. The van der Waals surface area contributed by atoms with Crippen LogP contribution in [-0.4, -0.2) is 25.0 Å². The molecule has 6 heteroatoms. The molecule has 0 saturated carbocycles. The molecule has 0 fully saturated rings. The molecule has 0 aromatic heterocycles. The summed E-state index contributed by atoms with van der Waals surface area (Å²) in [5.41, 5.74) is 2.16. The van der Waals surface area contributed by atoms with E-state index in [-0.39, 0.29) is 18.4 Å². The van der Waals surface area contributed by atoms with E-state index in [0.717, 1.165) is 11.4 Å². The van der Waals surface area contributed by atoms with Crippen molar-refractivity contribution in [3.05, 3.63) is 48.5 Å². The molecule has 3 N–H and O–H groups in total. The maximum absolute atomic E-state index is 12.3. The van der Waals surface area contributed by atoms with Crippen LogP contribution in [0, 0.1) is 11.8 Å². The quantitative estimate of drug-likeness (QED) is 0.540. The molecule has 0 saturated heterocycles. The van der Waals surface area contributed by atoms with Crippen LogP contribution in [0.3, 0.4) is 0 Å². The van der Waals surface area contributed by atoms with Crippen LogP contribution < -0.4 is 20.7 Å². The van der Waals surface area contributed by atoms with Crippen LogP contribution >= 0.6 is 0 Å². The fourth-order valence-electron chi connectivity index (χ4n) is 2.60. The molecule has 156 valence electrons. The van der Waals surface area contributed by atoms with Crippen molar-refractivity contribution < 1.29 is 14.3 Å². The summed E-state index contributed by atoms with van der Waals surface area (Å²) in [5, 5.41) is 8.81. The highest BCUT2D eigenvalue weighted by atomic mass is 16.5. The van der Waals surface area contributed by atoms with Crippen molar-refractivity contribution in [1.29, 1.82) is 0 Å². The van der Waals surface area contributed by atoms with Crippen LogP contribution in [0.1, 0.15) is 34.1 Å². The molecular formula is C23H31N3O3. The molecular weight excluding hydrogens is 366 g/mol. The molecule has 0 aliphatic carbocycles. The summed E-state index contributed by atoms with van der Waals surface area (Å²) in [6.07, 6.45) is 0.479. The Labute approximate surface area is 173 Å². The average molecular weight is 398 g/mol. The number of hydrogen-bond donors (Lipinski definition) is 3. The Morgan fingerprint density at radius 3 is 2.00 bits per heavy atom. The molecule has 0 bridgehead atoms. The van der Waals surface area contributed by atoms with Gasteiger partial charge in [0.25, 0.3) is 0 Å². The number of rotatable bonds is 10. The Kier molecular flexibility index (Phi) is 8.52. The van der Waals surface area contributed by atoms with Crippen molar-refractivity contribution in [2.45, 2.75) is 34.1 Å². The van der Waals surface area contributed by atoms with Gasteiger partial charge < -0.3 is 20.7 Å². The Morgan fingerprint density at radius 1 is 0.828 bits per heavy atom. The lowest BCUT2D eigenvalue weighted by Crippen LogP contribution is -2.22. The fraction of sp³-hybridized carbons (Fsp3) is 0.391. The Morgan fingerprint density at radius 2 is 1.41 bits per heavy atom. The van der Waals surface area contributed by atoms with Gasteiger partial charge in [-0.2, -0.15) is 0 Å².